The molecule has 5 nitrogen and oxygen atoms in total. The van der Waals surface area contributed by atoms with Crippen molar-refractivity contribution in [1.82, 2.24) is 0 Å². The summed E-state index contributed by atoms with van der Waals surface area (Å²) >= 11 is 0. The van der Waals surface area contributed by atoms with Gasteiger partial charge >= 0.3 is 5.97 Å². The molecule has 1 aliphatic heterocycles. The molecule has 0 aliphatic carbocycles. The molecule has 0 saturated carbocycles. The van der Waals surface area contributed by atoms with E-state index in [1.165, 1.54) is 0 Å². The number of ether oxygens (including phenoxy) is 1. The normalized spacial score (nSPS) is 38.5. The Morgan fingerprint density at radius 2 is 2.36 bits per heavy atom. The van der Waals surface area contributed by atoms with Gasteiger partial charge in [-0.05, 0) is 0 Å². The van der Waals surface area contributed by atoms with Gasteiger partial charge < -0.3 is 20.7 Å². The van der Waals surface area contributed by atoms with Crippen LogP contribution in [0.1, 0.15) is 6.42 Å². The Bertz CT molecular complexity index is 172. The van der Waals surface area contributed by atoms with Crippen molar-refractivity contribution in [3.8, 4) is 0 Å². The Kier molecular flexibility index (Phi) is 2.12. The molecule has 64 valence electrons. The first-order chi connectivity index (χ1) is 5.07. The van der Waals surface area contributed by atoms with Gasteiger partial charge in [-0.2, -0.15) is 0 Å². The summed E-state index contributed by atoms with van der Waals surface area (Å²) in [6, 6.07) is -0.825. The zero-order valence-electron chi connectivity index (χ0n) is 5.99. The van der Waals surface area contributed by atoms with Crippen molar-refractivity contribution in [2.75, 3.05) is 13.2 Å². The van der Waals surface area contributed by atoms with Crippen molar-refractivity contribution in [3.05, 3.63) is 0 Å². The number of carbonyl (C=O) groups is 1. The molecule has 1 aliphatic rings. The highest BCUT2D eigenvalue weighted by Crippen LogP contribution is 2.19. The minimum atomic E-state index is -1.79. The lowest BCUT2D eigenvalue weighted by molar-refractivity contribution is -0.171. The lowest BCUT2D eigenvalue weighted by atomic mass is 9.90. The zero-order chi connectivity index (χ0) is 8.48. The third kappa shape index (κ3) is 1.35. The number of aliphatic carboxylic acids is 1. The van der Waals surface area contributed by atoms with Crippen LogP contribution in [0.15, 0.2) is 0 Å². The van der Waals surface area contributed by atoms with E-state index in [1.54, 1.807) is 0 Å². The molecule has 0 amide bonds. The fraction of sp³-hybridized carbons (Fsp3) is 0.833. The van der Waals surface area contributed by atoms with E-state index in [9.17, 15) is 9.90 Å². The van der Waals surface area contributed by atoms with Crippen LogP contribution >= 0.6 is 0 Å². The monoisotopic (exact) mass is 161 g/mol. The van der Waals surface area contributed by atoms with Crippen LogP contribution in [-0.4, -0.2) is 41.0 Å². The Morgan fingerprint density at radius 3 is 2.73 bits per heavy atom. The molecule has 11 heavy (non-hydrogen) atoms. The second-order valence-corrected chi connectivity index (χ2v) is 2.66. The van der Waals surface area contributed by atoms with E-state index in [0.717, 1.165) is 0 Å². The van der Waals surface area contributed by atoms with Gasteiger partial charge in [-0.3, -0.25) is 0 Å². The average molecular weight is 161 g/mol. The number of nitrogens with two attached hydrogens (primary N) is 1. The highest BCUT2D eigenvalue weighted by molar-refractivity contribution is 5.78. The summed E-state index contributed by atoms with van der Waals surface area (Å²) in [6.45, 7) is 0.347. The topological polar surface area (TPSA) is 92.8 Å². The summed E-state index contributed by atoms with van der Waals surface area (Å²) in [6.07, 6.45) is 0.0590. The summed E-state index contributed by atoms with van der Waals surface area (Å²) in [4.78, 5) is 10.5. The first-order valence-electron chi connectivity index (χ1n) is 3.36. The maximum Gasteiger partial charge on any atom is 0.337 e. The van der Waals surface area contributed by atoms with Gasteiger partial charge in [0, 0.05) is 6.42 Å². The van der Waals surface area contributed by atoms with Crippen LogP contribution in [-0.2, 0) is 9.53 Å². The maximum absolute atomic E-state index is 10.5. The Morgan fingerprint density at radius 1 is 1.73 bits per heavy atom. The third-order valence-electron chi connectivity index (χ3n) is 1.91. The first-order valence-corrected chi connectivity index (χ1v) is 3.36. The number of carboxylic acids is 1. The van der Waals surface area contributed by atoms with E-state index in [1.807, 2.05) is 0 Å². The lowest BCUT2D eigenvalue weighted by Crippen LogP contribution is -2.59. The molecule has 0 aromatic heterocycles. The van der Waals surface area contributed by atoms with Gasteiger partial charge in [-0.15, -0.1) is 0 Å². The van der Waals surface area contributed by atoms with E-state index in [-0.39, 0.29) is 19.6 Å². The third-order valence-corrected chi connectivity index (χ3v) is 1.91. The molecule has 2 unspecified atom stereocenters. The summed E-state index contributed by atoms with van der Waals surface area (Å²) in [5.74, 6) is -1.27. The van der Waals surface area contributed by atoms with Crippen LogP contribution in [0.3, 0.4) is 0 Å². The lowest BCUT2D eigenvalue weighted by Gasteiger charge is -2.33. The second kappa shape index (κ2) is 2.77. The number of rotatable bonds is 1. The largest absolute Gasteiger partial charge is 0.479 e. The first kappa shape index (κ1) is 8.45. The number of hydrogen-bond acceptors (Lipinski definition) is 4. The predicted octanol–water partition coefficient (Wildman–Crippen LogP) is -1.45. The molecule has 5 heteroatoms. The quantitative estimate of drug-likeness (QED) is 0.437. The van der Waals surface area contributed by atoms with Crippen LogP contribution in [0.2, 0.25) is 0 Å². The van der Waals surface area contributed by atoms with Crippen LogP contribution in [0.5, 0.6) is 0 Å². The van der Waals surface area contributed by atoms with Crippen molar-refractivity contribution >= 4 is 5.97 Å². The Hall–Kier alpha value is -0.650. The summed E-state index contributed by atoms with van der Waals surface area (Å²) in [5, 5.41) is 18.0. The SMILES string of the molecule is NC1COCCC1(O)C(=O)O. The van der Waals surface area contributed by atoms with Crippen molar-refractivity contribution in [2.24, 2.45) is 5.73 Å². The summed E-state index contributed by atoms with van der Waals surface area (Å²) < 4.78 is 4.88. The number of carboxylic acid groups (broad SMARTS) is 1. The van der Waals surface area contributed by atoms with Gasteiger partial charge in [-0.25, -0.2) is 4.79 Å². The molecule has 0 spiro atoms. The van der Waals surface area contributed by atoms with Crippen molar-refractivity contribution in [2.45, 2.75) is 18.1 Å². The van der Waals surface area contributed by atoms with E-state index >= 15 is 0 Å². The van der Waals surface area contributed by atoms with Gasteiger partial charge in [0.05, 0.1) is 19.3 Å². The van der Waals surface area contributed by atoms with Gasteiger partial charge in [0.25, 0.3) is 0 Å². The fourth-order valence-electron chi connectivity index (χ4n) is 1.03. The highest BCUT2D eigenvalue weighted by Gasteiger charge is 2.44. The van der Waals surface area contributed by atoms with E-state index < -0.39 is 17.6 Å². The standard InChI is InChI=1S/C6H11NO4/c7-4-3-11-2-1-6(4,10)5(8)9/h4,10H,1-3,7H2,(H,8,9). The minimum Gasteiger partial charge on any atom is -0.479 e. The van der Waals surface area contributed by atoms with Crippen LogP contribution in [0.25, 0.3) is 0 Å². The van der Waals surface area contributed by atoms with E-state index in [4.69, 9.17) is 15.6 Å². The molecule has 4 N–H and O–H groups in total. The van der Waals surface area contributed by atoms with Gasteiger partial charge in [0.1, 0.15) is 0 Å². The van der Waals surface area contributed by atoms with Gasteiger partial charge in [0.2, 0.25) is 0 Å². The Labute approximate surface area is 63.8 Å². The second-order valence-electron chi connectivity index (χ2n) is 2.66. The molecule has 1 heterocycles. The minimum absolute atomic E-state index is 0.0590. The molecule has 2 atom stereocenters. The molecule has 0 radical (unpaired) electrons. The zero-order valence-corrected chi connectivity index (χ0v) is 5.99. The maximum atomic E-state index is 10.5. The van der Waals surface area contributed by atoms with Crippen LogP contribution in [0, 0.1) is 0 Å². The number of aliphatic hydroxyl groups is 1. The average Bonchev–Trinajstić information content (AvgIpc) is 1.95. The van der Waals surface area contributed by atoms with Crippen LogP contribution < -0.4 is 5.73 Å². The fourth-order valence-corrected chi connectivity index (χ4v) is 1.03. The van der Waals surface area contributed by atoms with Crippen molar-refractivity contribution in [3.63, 3.8) is 0 Å². The predicted molar refractivity (Wildman–Crippen MR) is 36.0 cm³/mol. The van der Waals surface area contributed by atoms with Crippen molar-refractivity contribution < 1.29 is 19.7 Å². The molecule has 0 aromatic rings. The molecule has 0 aromatic carbocycles. The Balaban J connectivity index is 2.72. The molecular weight excluding hydrogens is 150 g/mol. The molecular formula is C6H11NO4. The van der Waals surface area contributed by atoms with Gasteiger partial charge in [-0.1, -0.05) is 0 Å². The van der Waals surface area contributed by atoms with E-state index in [0.29, 0.717) is 0 Å². The van der Waals surface area contributed by atoms with Crippen molar-refractivity contribution in [1.29, 1.82) is 0 Å². The van der Waals surface area contributed by atoms with Crippen LogP contribution in [0.4, 0.5) is 0 Å². The molecule has 1 rings (SSSR count). The number of hydrogen-bond donors (Lipinski definition) is 3. The summed E-state index contributed by atoms with van der Waals surface area (Å²) in [7, 11) is 0. The van der Waals surface area contributed by atoms with E-state index in [2.05, 4.69) is 0 Å². The molecule has 1 saturated heterocycles. The smallest absolute Gasteiger partial charge is 0.337 e. The van der Waals surface area contributed by atoms with Gasteiger partial charge in [0.15, 0.2) is 5.60 Å². The molecule has 1 fully saturated rings. The summed E-state index contributed by atoms with van der Waals surface area (Å²) in [5.41, 5.74) is 3.56. The molecule has 0 bridgehead atoms. The highest BCUT2D eigenvalue weighted by atomic mass is 16.5.